The van der Waals surface area contributed by atoms with Crippen molar-refractivity contribution in [3.05, 3.63) is 36.5 Å². The Hall–Kier alpha value is -1.32. The van der Waals surface area contributed by atoms with E-state index in [2.05, 4.69) is 19.9 Å². The van der Waals surface area contributed by atoms with Gasteiger partial charge in [-0.05, 0) is 32.1 Å². The molecule has 2 N–H and O–H groups in total. The van der Waals surface area contributed by atoms with Crippen LogP contribution in [0.1, 0.15) is 187 Å². The number of carbonyl (C=O) groups excluding carboxylic acids is 1. The van der Waals surface area contributed by atoms with Crippen molar-refractivity contribution >= 4 is 13.8 Å². The van der Waals surface area contributed by atoms with Crippen LogP contribution < -0.4 is 0 Å². The predicted octanol–water partition coefficient (Wildman–Crippen LogP) is 12.4. The van der Waals surface area contributed by atoms with Gasteiger partial charge in [0.25, 0.3) is 0 Å². The largest absolute Gasteiger partial charge is 0.472 e. The van der Waals surface area contributed by atoms with E-state index in [9.17, 15) is 19.4 Å². The lowest BCUT2D eigenvalue weighted by atomic mass is 10.0. The highest BCUT2D eigenvalue weighted by atomic mass is 31.2. The summed E-state index contributed by atoms with van der Waals surface area (Å²) in [6.45, 7) is 5.46. The standard InChI is InChI=1S/C46H88NO8P/c1-6-8-10-12-14-15-16-17-18-19-20-21-24-27-31-35-40-52-42-45(43-54-56(50,51)53-41-39-47(3,4)5)55-46(49)38-34-30-26-23-22-25-29-33-37-44(48)36-32-28-13-11-9-7-2/h23,25-26,29,33,37,44-45,48H,6-22,24,27-28,30-32,34-36,38-43H2,1-5H3/p+1/b26-23-,29-25-,37-33-. The number of nitrogens with zero attached hydrogens (tertiary/aromatic N) is 1. The fourth-order valence-electron chi connectivity index (χ4n) is 6.21. The first kappa shape index (κ1) is 54.7. The molecule has 0 aliphatic heterocycles. The number of likely N-dealkylation sites (N-methyl/N-ethyl adjacent to an activating group) is 1. The van der Waals surface area contributed by atoms with Crippen molar-refractivity contribution < 1.29 is 42.4 Å². The average molecular weight is 815 g/mol. The number of phosphoric ester groups is 1. The molecule has 0 rings (SSSR count). The highest BCUT2D eigenvalue weighted by molar-refractivity contribution is 7.47. The summed E-state index contributed by atoms with van der Waals surface area (Å²) in [5.41, 5.74) is 0. The number of quaternary nitrogens is 1. The molecule has 0 aromatic carbocycles. The zero-order chi connectivity index (χ0) is 41.4. The van der Waals surface area contributed by atoms with Crippen LogP contribution in [0.5, 0.6) is 0 Å². The van der Waals surface area contributed by atoms with Crippen molar-refractivity contribution in [1.82, 2.24) is 0 Å². The van der Waals surface area contributed by atoms with Crippen molar-refractivity contribution in [2.24, 2.45) is 0 Å². The smallest absolute Gasteiger partial charge is 0.457 e. The molecule has 330 valence electrons. The molecule has 0 aromatic heterocycles. The van der Waals surface area contributed by atoms with E-state index in [1.165, 1.54) is 122 Å². The van der Waals surface area contributed by atoms with Gasteiger partial charge in [0.1, 0.15) is 19.3 Å². The number of ether oxygens (including phenoxy) is 2. The number of allylic oxidation sites excluding steroid dienone is 5. The fraction of sp³-hybridized carbons (Fsp3) is 0.848. The van der Waals surface area contributed by atoms with Crippen molar-refractivity contribution in [3.8, 4) is 0 Å². The Kier molecular flexibility index (Phi) is 38.2. The van der Waals surface area contributed by atoms with Gasteiger partial charge in [-0.25, -0.2) is 4.57 Å². The normalized spacial score (nSPS) is 14.6. The summed E-state index contributed by atoms with van der Waals surface area (Å²) in [4.78, 5) is 22.9. The first-order chi connectivity index (χ1) is 27.0. The van der Waals surface area contributed by atoms with E-state index in [1.807, 2.05) is 51.5 Å². The van der Waals surface area contributed by atoms with Gasteiger partial charge in [0.15, 0.2) is 0 Å². The number of hydrogen-bond acceptors (Lipinski definition) is 7. The molecule has 56 heavy (non-hydrogen) atoms. The van der Waals surface area contributed by atoms with Crippen molar-refractivity contribution in [2.75, 3.05) is 54.1 Å². The number of esters is 1. The SMILES string of the molecule is CCCCCCCCCCCCCCCCCCOCC(COP(=O)(O)OCC[N+](C)(C)C)OC(=O)CCC/C=C\C/C=C\C=C/C(O)CCCCCCCC. The van der Waals surface area contributed by atoms with Gasteiger partial charge in [-0.15, -0.1) is 0 Å². The minimum absolute atomic E-state index is 0.0694. The maximum atomic E-state index is 12.7. The van der Waals surface area contributed by atoms with E-state index < -0.39 is 13.9 Å². The van der Waals surface area contributed by atoms with Gasteiger partial charge in [-0.2, -0.15) is 0 Å². The number of hydrogen-bond donors (Lipinski definition) is 2. The Morgan fingerprint density at radius 1 is 0.643 bits per heavy atom. The van der Waals surface area contributed by atoms with Gasteiger partial charge >= 0.3 is 13.8 Å². The predicted molar refractivity (Wildman–Crippen MR) is 235 cm³/mol. The third kappa shape index (κ3) is 42.3. The van der Waals surface area contributed by atoms with Crippen LogP contribution in [-0.2, 0) is 27.9 Å². The van der Waals surface area contributed by atoms with Crippen LogP contribution in [0.2, 0.25) is 0 Å². The van der Waals surface area contributed by atoms with Gasteiger partial charge in [-0.1, -0.05) is 185 Å². The van der Waals surface area contributed by atoms with Crippen molar-refractivity contribution in [2.45, 2.75) is 199 Å². The Morgan fingerprint density at radius 2 is 1.18 bits per heavy atom. The van der Waals surface area contributed by atoms with Crippen LogP contribution >= 0.6 is 7.82 Å². The Morgan fingerprint density at radius 3 is 1.73 bits per heavy atom. The van der Waals surface area contributed by atoms with Crippen LogP contribution in [0, 0.1) is 0 Å². The average Bonchev–Trinajstić information content (AvgIpc) is 3.14. The number of unbranched alkanes of at least 4 members (excludes halogenated alkanes) is 21. The highest BCUT2D eigenvalue weighted by Crippen LogP contribution is 2.43. The Balaban J connectivity index is 4.36. The number of phosphoric acid groups is 1. The lowest BCUT2D eigenvalue weighted by Crippen LogP contribution is -2.37. The molecule has 0 aliphatic carbocycles. The molecule has 3 unspecified atom stereocenters. The van der Waals surface area contributed by atoms with Gasteiger partial charge in [0.2, 0.25) is 0 Å². The summed E-state index contributed by atoms with van der Waals surface area (Å²) < 4.78 is 34.9. The minimum atomic E-state index is -4.30. The molecule has 3 atom stereocenters. The molecule has 0 aliphatic rings. The Labute approximate surface area is 345 Å². The zero-order valence-corrected chi connectivity index (χ0v) is 37.9. The van der Waals surface area contributed by atoms with E-state index >= 15 is 0 Å². The van der Waals surface area contributed by atoms with Gasteiger partial charge < -0.3 is 24.0 Å². The number of aliphatic hydroxyl groups is 1. The maximum Gasteiger partial charge on any atom is 0.472 e. The minimum Gasteiger partial charge on any atom is -0.457 e. The molecule has 0 saturated carbocycles. The van der Waals surface area contributed by atoms with E-state index in [-0.39, 0.29) is 38.3 Å². The summed E-state index contributed by atoms with van der Waals surface area (Å²) in [5, 5.41) is 10.1. The summed E-state index contributed by atoms with van der Waals surface area (Å²) in [6.07, 6.45) is 42.1. The lowest BCUT2D eigenvalue weighted by molar-refractivity contribution is -0.870. The molecular formula is C46H89NO8P+. The van der Waals surface area contributed by atoms with Crippen LogP contribution in [0.25, 0.3) is 0 Å². The molecule has 0 bridgehead atoms. The monoisotopic (exact) mass is 815 g/mol. The summed E-state index contributed by atoms with van der Waals surface area (Å²) in [6, 6.07) is 0. The third-order valence-electron chi connectivity index (χ3n) is 9.81. The molecule has 0 spiro atoms. The highest BCUT2D eigenvalue weighted by Gasteiger charge is 2.26. The Bertz CT molecular complexity index is 1010. The summed E-state index contributed by atoms with van der Waals surface area (Å²) in [7, 11) is 1.60. The molecule has 10 heteroatoms. The van der Waals surface area contributed by atoms with E-state index in [1.54, 1.807) is 0 Å². The van der Waals surface area contributed by atoms with Crippen molar-refractivity contribution in [3.63, 3.8) is 0 Å². The zero-order valence-electron chi connectivity index (χ0n) is 37.0. The van der Waals surface area contributed by atoms with Gasteiger partial charge in [0.05, 0.1) is 40.5 Å². The second-order valence-electron chi connectivity index (χ2n) is 16.6. The van der Waals surface area contributed by atoms with Crippen LogP contribution in [0.3, 0.4) is 0 Å². The number of rotatable bonds is 42. The quantitative estimate of drug-likeness (QED) is 0.0156. The molecule has 0 amide bonds. The molecular weight excluding hydrogens is 725 g/mol. The fourth-order valence-corrected chi connectivity index (χ4v) is 6.95. The van der Waals surface area contributed by atoms with Crippen LogP contribution in [0.4, 0.5) is 0 Å². The third-order valence-corrected chi connectivity index (χ3v) is 10.8. The summed E-state index contributed by atoms with van der Waals surface area (Å²) >= 11 is 0. The molecule has 0 saturated heterocycles. The van der Waals surface area contributed by atoms with E-state index in [0.717, 1.165) is 38.5 Å². The number of carbonyl (C=O) groups is 1. The van der Waals surface area contributed by atoms with Crippen LogP contribution in [-0.4, -0.2) is 86.8 Å². The second-order valence-corrected chi connectivity index (χ2v) is 18.1. The second kappa shape index (κ2) is 39.2. The molecule has 0 aromatic rings. The molecule has 0 fully saturated rings. The lowest BCUT2D eigenvalue weighted by Gasteiger charge is -2.24. The molecule has 9 nitrogen and oxygen atoms in total. The van der Waals surface area contributed by atoms with Gasteiger partial charge in [0, 0.05) is 13.0 Å². The first-order valence-electron chi connectivity index (χ1n) is 22.8. The van der Waals surface area contributed by atoms with E-state index in [4.69, 9.17) is 18.5 Å². The maximum absolute atomic E-state index is 12.7. The molecule has 0 heterocycles. The van der Waals surface area contributed by atoms with Crippen LogP contribution in [0.15, 0.2) is 36.5 Å². The first-order valence-corrected chi connectivity index (χ1v) is 24.3. The number of aliphatic hydroxyl groups excluding tert-OH is 1. The van der Waals surface area contributed by atoms with E-state index in [0.29, 0.717) is 24.1 Å². The summed E-state index contributed by atoms with van der Waals surface area (Å²) in [5.74, 6) is -0.388. The van der Waals surface area contributed by atoms with Gasteiger partial charge in [-0.3, -0.25) is 13.8 Å². The topological polar surface area (TPSA) is 112 Å². The molecule has 0 radical (unpaired) electrons. The van der Waals surface area contributed by atoms with Crippen molar-refractivity contribution in [1.29, 1.82) is 0 Å².